The topological polar surface area (TPSA) is 65.7 Å². The molecule has 0 bridgehead atoms. The van der Waals surface area contributed by atoms with Crippen LogP contribution in [-0.2, 0) is 4.74 Å². The number of carbonyl (C=O) groups is 2. The summed E-state index contributed by atoms with van der Waals surface area (Å²) in [5.41, 5.74) is 1.31. The van der Waals surface area contributed by atoms with Crippen LogP contribution in [0.5, 0.6) is 5.75 Å². The van der Waals surface area contributed by atoms with E-state index in [-0.39, 0.29) is 6.61 Å². The zero-order valence-corrected chi connectivity index (χ0v) is 15.3. The van der Waals surface area contributed by atoms with Gasteiger partial charge in [-0.3, -0.25) is 0 Å². The van der Waals surface area contributed by atoms with Crippen LogP contribution in [0.25, 0.3) is 11.0 Å². The fourth-order valence-corrected chi connectivity index (χ4v) is 2.74. The molecule has 25 heavy (non-hydrogen) atoms. The van der Waals surface area contributed by atoms with E-state index in [1.54, 1.807) is 56.3 Å². The molecule has 0 radical (unpaired) electrons. The SMILES string of the molecule is CCOC(=O)c1c(C)oc2ccc(OC(=O)c3ccc(Br)cc3)cc12. The average molecular weight is 403 g/mol. The van der Waals surface area contributed by atoms with Gasteiger partial charge in [-0.15, -0.1) is 0 Å². The van der Waals surface area contributed by atoms with E-state index in [4.69, 9.17) is 13.9 Å². The van der Waals surface area contributed by atoms with Crippen LogP contribution in [0.4, 0.5) is 0 Å². The molecule has 0 unspecified atom stereocenters. The third-order valence-corrected chi connectivity index (χ3v) is 4.13. The van der Waals surface area contributed by atoms with E-state index in [1.165, 1.54) is 0 Å². The van der Waals surface area contributed by atoms with E-state index >= 15 is 0 Å². The molecule has 2 aromatic carbocycles. The molecule has 3 aromatic rings. The highest BCUT2D eigenvalue weighted by Gasteiger charge is 2.20. The number of aryl methyl sites for hydroxylation is 1. The lowest BCUT2D eigenvalue weighted by Crippen LogP contribution is -2.08. The number of benzene rings is 2. The second kappa shape index (κ2) is 7.11. The average Bonchev–Trinajstić information content (AvgIpc) is 2.91. The zero-order chi connectivity index (χ0) is 18.0. The van der Waals surface area contributed by atoms with Gasteiger partial charge < -0.3 is 13.9 Å². The Morgan fingerprint density at radius 1 is 1.08 bits per heavy atom. The molecule has 0 fully saturated rings. The van der Waals surface area contributed by atoms with E-state index in [0.717, 1.165) is 4.47 Å². The summed E-state index contributed by atoms with van der Waals surface area (Å²) in [4.78, 5) is 24.4. The van der Waals surface area contributed by atoms with Crippen LogP contribution >= 0.6 is 15.9 Å². The Bertz CT molecular complexity index is 940. The second-order valence-electron chi connectivity index (χ2n) is 5.31. The quantitative estimate of drug-likeness (QED) is 0.458. The van der Waals surface area contributed by atoms with Crippen molar-refractivity contribution in [3.63, 3.8) is 0 Å². The predicted octanol–water partition coefficient (Wildman–Crippen LogP) is 4.90. The molecule has 128 valence electrons. The number of carbonyl (C=O) groups excluding carboxylic acids is 2. The number of furan rings is 1. The maximum absolute atomic E-state index is 12.2. The van der Waals surface area contributed by atoms with Crippen molar-refractivity contribution in [2.24, 2.45) is 0 Å². The summed E-state index contributed by atoms with van der Waals surface area (Å²) < 4.78 is 16.9. The van der Waals surface area contributed by atoms with E-state index in [0.29, 0.717) is 33.6 Å². The molecule has 0 aliphatic carbocycles. The third kappa shape index (κ3) is 3.58. The van der Waals surface area contributed by atoms with Gasteiger partial charge in [-0.1, -0.05) is 15.9 Å². The van der Waals surface area contributed by atoms with Gasteiger partial charge in [0.2, 0.25) is 0 Å². The second-order valence-corrected chi connectivity index (χ2v) is 6.22. The maximum atomic E-state index is 12.2. The first-order valence-electron chi connectivity index (χ1n) is 7.67. The molecule has 0 aliphatic rings. The largest absolute Gasteiger partial charge is 0.462 e. The Hall–Kier alpha value is -2.60. The van der Waals surface area contributed by atoms with Crippen LogP contribution in [0.3, 0.4) is 0 Å². The van der Waals surface area contributed by atoms with E-state index in [1.807, 2.05) is 0 Å². The molecule has 0 aliphatic heterocycles. The van der Waals surface area contributed by atoms with Crippen molar-refractivity contribution < 1.29 is 23.5 Å². The lowest BCUT2D eigenvalue weighted by molar-refractivity contribution is 0.0526. The van der Waals surface area contributed by atoms with Crippen molar-refractivity contribution >= 4 is 38.8 Å². The molecule has 6 heteroatoms. The molecule has 3 rings (SSSR count). The highest BCUT2D eigenvalue weighted by atomic mass is 79.9. The van der Waals surface area contributed by atoms with E-state index in [2.05, 4.69) is 15.9 Å². The summed E-state index contributed by atoms with van der Waals surface area (Å²) in [6, 6.07) is 11.7. The lowest BCUT2D eigenvalue weighted by atomic mass is 10.1. The van der Waals surface area contributed by atoms with Crippen molar-refractivity contribution in [2.75, 3.05) is 6.61 Å². The molecular weight excluding hydrogens is 388 g/mol. The van der Waals surface area contributed by atoms with Crippen LogP contribution in [0, 0.1) is 6.92 Å². The molecule has 0 saturated heterocycles. The Kier molecular flexibility index (Phi) is 4.90. The standard InChI is InChI=1S/C19H15BrO5/c1-3-23-19(22)17-11(2)24-16-9-8-14(10-15(16)17)25-18(21)12-4-6-13(20)7-5-12/h4-10H,3H2,1-2H3. The fraction of sp³-hybridized carbons (Fsp3) is 0.158. The number of esters is 2. The fourth-order valence-electron chi connectivity index (χ4n) is 2.47. The highest BCUT2D eigenvalue weighted by molar-refractivity contribution is 9.10. The first-order valence-corrected chi connectivity index (χ1v) is 8.47. The van der Waals surface area contributed by atoms with Crippen molar-refractivity contribution in [3.8, 4) is 5.75 Å². The Balaban J connectivity index is 1.92. The minimum Gasteiger partial charge on any atom is -0.462 e. The maximum Gasteiger partial charge on any atom is 0.343 e. The van der Waals surface area contributed by atoms with Gasteiger partial charge in [0.15, 0.2) is 0 Å². The van der Waals surface area contributed by atoms with Crippen molar-refractivity contribution in [3.05, 3.63) is 63.8 Å². The molecule has 1 aromatic heterocycles. The summed E-state index contributed by atoms with van der Waals surface area (Å²) >= 11 is 3.32. The van der Waals surface area contributed by atoms with Crippen molar-refractivity contribution in [1.29, 1.82) is 0 Å². The number of fused-ring (bicyclic) bond motifs is 1. The van der Waals surface area contributed by atoms with Crippen LogP contribution < -0.4 is 4.74 Å². The smallest absolute Gasteiger partial charge is 0.343 e. The van der Waals surface area contributed by atoms with Gasteiger partial charge in [-0.25, -0.2) is 9.59 Å². The number of halogens is 1. The Labute approximate surface area is 152 Å². The van der Waals surface area contributed by atoms with Crippen LogP contribution in [0.1, 0.15) is 33.4 Å². The number of hydrogen-bond acceptors (Lipinski definition) is 5. The summed E-state index contributed by atoms with van der Waals surface area (Å²) in [6.07, 6.45) is 0. The van der Waals surface area contributed by atoms with Crippen LogP contribution in [0.15, 0.2) is 51.4 Å². The number of hydrogen-bond donors (Lipinski definition) is 0. The first kappa shape index (κ1) is 17.2. The van der Waals surface area contributed by atoms with Gasteiger partial charge in [0, 0.05) is 9.86 Å². The Morgan fingerprint density at radius 3 is 2.48 bits per heavy atom. The van der Waals surface area contributed by atoms with Gasteiger partial charge in [0.05, 0.1) is 12.2 Å². The highest BCUT2D eigenvalue weighted by Crippen LogP contribution is 2.30. The van der Waals surface area contributed by atoms with Crippen molar-refractivity contribution in [2.45, 2.75) is 13.8 Å². The molecule has 0 saturated carbocycles. The van der Waals surface area contributed by atoms with Gasteiger partial charge in [-0.2, -0.15) is 0 Å². The van der Waals surface area contributed by atoms with E-state index < -0.39 is 11.9 Å². The third-order valence-electron chi connectivity index (χ3n) is 3.61. The number of ether oxygens (including phenoxy) is 2. The van der Waals surface area contributed by atoms with Crippen molar-refractivity contribution in [1.82, 2.24) is 0 Å². The zero-order valence-electron chi connectivity index (χ0n) is 13.7. The molecule has 1 heterocycles. The van der Waals surface area contributed by atoms with E-state index in [9.17, 15) is 9.59 Å². The predicted molar refractivity (Wildman–Crippen MR) is 96.0 cm³/mol. The summed E-state index contributed by atoms with van der Waals surface area (Å²) in [5.74, 6) is -0.156. The van der Waals surface area contributed by atoms with Crippen LogP contribution in [-0.4, -0.2) is 18.5 Å². The molecule has 0 spiro atoms. The summed E-state index contributed by atoms with van der Waals surface area (Å²) in [5, 5.41) is 0.553. The monoisotopic (exact) mass is 402 g/mol. The molecule has 0 amide bonds. The minimum absolute atomic E-state index is 0.267. The molecule has 5 nitrogen and oxygen atoms in total. The van der Waals surface area contributed by atoms with Gasteiger partial charge in [0.25, 0.3) is 0 Å². The van der Waals surface area contributed by atoms with Crippen LogP contribution in [0.2, 0.25) is 0 Å². The minimum atomic E-state index is -0.482. The summed E-state index contributed by atoms with van der Waals surface area (Å²) in [6.45, 7) is 3.70. The van der Waals surface area contributed by atoms with Gasteiger partial charge >= 0.3 is 11.9 Å². The van der Waals surface area contributed by atoms with Gasteiger partial charge in [0.1, 0.15) is 22.7 Å². The first-order chi connectivity index (χ1) is 12.0. The number of rotatable bonds is 4. The summed E-state index contributed by atoms with van der Waals surface area (Å²) in [7, 11) is 0. The molecule has 0 N–H and O–H groups in total. The lowest BCUT2D eigenvalue weighted by Gasteiger charge is -2.05. The normalized spacial score (nSPS) is 10.7. The molecular formula is C19H15BrO5. The van der Waals surface area contributed by atoms with Gasteiger partial charge in [-0.05, 0) is 56.3 Å². The molecule has 0 atom stereocenters. The Morgan fingerprint density at radius 2 is 1.80 bits per heavy atom.